The van der Waals surface area contributed by atoms with E-state index in [1.807, 2.05) is 7.05 Å². The Kier molecular flexibility index (Phi) is 7.24. The fourth-order valence-electron chi connectivity index (χ4n) is 1.71. The Balaban J connectivity index is 0.00000256. The van der Waals surface area contributed by atoms with E-state index in [9.17, 15) is 14.4 Å². The molecule has 0 spiro atoms. The van der Waals surface area contributed by atoms with Crippen LogP contribution in [0.3, 0.4) is 0 Å². The highest BCUT2D eigenvalue weighted by molar-refractivity contribution is 7.51. The number of nitrogens with zero attached hydrogens (tertiary/aromatic N) is 2. The van der Waals surface area contributed by atoms with E-state index in [1.165, 1.54) is 0 Å². The van der Waals surface area contributed by atoms with Gasteiger partial charge < -0.3 is 26.8 Å². The topological polar surface area (TPSA) is 66.3 Å². The van der Waals surface area contributed by atoms with Gasteiger partial charge in [0.25, 0.3) is 0 Å². The molecule has 1 atom stereocenters. The van der Waals surface area contributed by atoms with Crippen LogP contribution in [0.1, 0.15) is 38.4 Å². The quantitative estimate of drug-likeness (QED) is 0.383. The third-order valence-corrected chi connectivity index (χ3v) is 3.89. The predicted molar refractivity (Wildman–Crippen MR) is 60.8 cm³/mol. The third kappa shape index (κ3) is 5.34. The van der Waals surface area contributed by atoms with Crippen molar-refractivity contribution in [1.82, 2.24) is 4.57 Å². The van der Waals surface area contributed by atoms with Crippen molar-refractivity contribution in [3.8, 4) is 0 Å². The van der Waals surface area contributed by atoms with Gasteiger partial charge in [-0.3, -0.25) is 4.57 Å². The summed E-state index contributed by atoms with van der Waals surface area (Å²) in [5, 5.41) is 0. The van der Waals surface area contributed by atoms with Gasteiger partial charge in [-0.2, -0.15) is 0 Å². The maximum absolute atomic E-state index is 11.4. The molecule has 100 valence electrons. The lowest BCUT2D eigenvalue weighted by molar-refractivity contribution is -0.671. The zero-order valence-electron chi connectivity index (χ0n) is 10.2. The zero-order chi connectivity index (χ0) is 12.2. The largest absolute Gasteiger partial charge is 1.00 e. The highest BCUT2D eigenvalue weighted by Gasteiger charge is 2.33. The minimum atomic E-state index is -4.07. The number of hydrogen-bond acceptors (Lipinski definition) is 1. The minimum absolute atomic E-state index is 0. The van der Waals surface area contributed by atoms with Crippen molar-refractivity contribution in [1.29, 1.82) is 0 Å². The fraction of sp³-hybridized carbons (Fsp3) is 0.700. The van der Waals surface area contributed by atoms with Crippen LogP contribution < -0.4 is 21.5 Å². The van der Waals surface area contributed by atoms with Crippen LogP contribution in [0.5, 0.6) is 0 Å². The summed E-state index contributed by atoms with van der Waals surface area (Å²) in [7, 11) is -2.24. The van der Waals surface area contributed by atoms with E-state index in [0.29, 0.717) is 6.42 Å². The Morgan fingerprint density at radius 2 is 2.06 bits per heavy atom. The molecule has 0 aliphatic rings. The summed E-state index contributed by atoms with van der Waals surface area (Å²) in [5.41, 5.74) is 0. The molecule has 1 heterocycles. The SMILES string of the molecule is CCCCCC(n1cc[n+](C)c1)P(=O)(O)O.[Br-]. The molecule has 0 radical (unpaired) electrons. The number of rotatable bonds is 6. The Labute approximate surface area is 112 Å². The van der Waals surface area contributed by atoms with E-state index < -0.39 is 13.4 Å². The van der Waals surface area contributed by atoms with E-state index >= 15 is 0 Å². The molecule has 1 aromatic rings. The molecule has 0 bridgehead atoms. The molecule has 5 nitrogen and oxygen atoms in total. The number of unbranched alkanes of at least 4 members (excludes halogenated alkanes) is 2. The van der Waals surface area contributed by atoms with Crippen molar-refractivity contribution < 1.29 is 35.9 Å². The summed E-state index contributed by atoms with van der Waals surface area (Å²) in [6, 6.07) is 0. The maximum Gasteiger partial charge on any atom is 0.369 e. The van der Waals surface area contributed by atoms with Crippen LogP contribution in [0.25, 0.3) is 0 Å². The number of aromatic nitrogens is 2. The highest BCUT2D eigenvalue weighted by Crippen LogP contribution is 2.51. The molecule has 7 heteroatoms. The molecule has 1 unspecified atom stereocenters. The molecule has 0 saturated heterocycles. The van der Waals surface area contributed by atoms with Crippen LogP contribution in [0.15, 0.2) is 18.7 Å². The molecule has 0 aliphatic heterocycles. The molecule has 1 rings (SSSR count). The van der Waals surface area contributed by atoms with Crippen molar-refractivity contribution in [2.45, 2.75) is 38.4 Å². The fourth-order valence-corrected chi connectivity index (χ4v) is 2.72. The second-order valence-electron chi connectivity index (χ2n) is 4.09. The van der Waals surface area contributed by atoms with Crippen LogP contribution in [-0.4, -0.2) is 14.4 Å². The lowest BCUT2D eigenvalue weighted by Gasteiger charge is -2.14. The Bertz CT molecular complexity index is 377. The second-order valence-corrected chi connectivity index (χ2v) is 5.87. The minimum Gasteiger partial charge on any atom is -1.00 e. The first-order valence-electron chi connectivity index (χ1n) is 5.53. The Morgan fingerprint density at radius 3 is 2.47 bits per heavy atom. The lowest BCUT2D eigenvalue weighted by atomic mass is 10.2. The van der Waals surface area contributed by atoms with E-state index in [-0.39, 0.29) is 17.0 Å². The number of hydrogen-bond donors (Lipinski definition) is 2. The predicted octanol–water partition coefficient (Wildman–Crippen LogP) is -1.43. The monoisotopic (exact) mass is 326 g/mol. The van der Waals surface area contributed by atoms with Crippen LogP contribution in [0.2, 0.25) is 0 Å². The third-order valence-electron chi connectivity index (χ3n) is 2.59. The van der Waals surface area contributed by atoms with E-state index in [1.54, 1.807) is 27.9 Å². The van der Waals surface area contributed by atoms with Gasteiger partial charge in [0.2, 0.25) is 12.1 Å². The molecule has 0 saturated carbocycles. The first-order valence-corrected chi connectivity index (χ1v) is 7.21. The van der Waals surface area contributed by atoms with Crippen molar-refractivity contribution in [2.24, 2.45) is 7.05 Å². The molecule has 2 N–H and O–H groups in total. The average molecular weight is 327 g/mol. The molecular weight excluding hydrogens is 307 g/mol. The van der Waals surface area contributed by atoms with Gasteiger partial charge in [-0.05, 0) is 12.8 Å². The number of aryl methyl sites for hydroxylation is 1. The van der Waals surface area contributed by atoms with Gasteiger partial charge in [0.1, 0.15) is 12.4 Å². The highest BCUT2D eigenvalue weighted by atomic mass is 79.9. The molecule has 0 aromatic carbocycles. The summed E-state index contributed by atoms with van der Waals surface area (Å²) in [6.45, 7) is 2.07. The summed E-state index contributed by atoms with van der Waals surface area (Å²) in [4.78, 5) is 18.6. The van der Waals surface area contributed by atoms with Gasteiger partial charge in [-0.25, -0.2) is 9.13 Å². The van der Waals surface area contributed by atoms with Crippen molar-refractivity contribution in [3.05, 3.63) is 18.7 Å². The maximum atomic E-state index is 11.4. The van der Waals surface area contributed by atoms with Gasteiger partial charge in [-0.15, -0.1) is 0 Å². The van der Waals surface area contributed by atoms with E-state index in [2.05, 4.69) is 6.92 Å². The first-order chi connectivity index (χ1) is 7.45. The van der Waals surface area contributed by atoms with Crippen LogP contribution in [0.4, 0.5) is 0 Å². The van der Waals surface area contributed by atoms with E-state index in [0.717, 1.165) is 19.3 Å². The van der Waals surface area contributed by atoms with Gasteiger partial charge in [0.05, 0.1) is 7.05 Å². The van der Waals surface area contributed by atoms with Crippen molar-refractivity contribution in [3.63, 3.8) is 0 Å². The average Bonchev–Trinajstić information content (AvgIpc) is 2.57. The van der Waals surface area contributed by atoms with E-state index in [4.69, 9.17) is 0 Å². The van der Waals surface area contributed by atoms with Crippen LogP contribution in [0, 0.1) is 0 Å². The van der Waals surface area contributed by atoms with Gasteiger partial charge in [0, 0.05) is 0 Å². The molecule has 0 aliphatic carbocycles. The molecule has 1 aromatic heterocycles. The van der Waals surface area contributed by atoms with Gasteiger partial charge >= 0.3 is 7.60 Å². The zero-order valence-corrected chi connectivity index (χ0v) is 12.6. The number of halogens is 1. The summed E-state index contributed by atoms with van der Waals surface area (Å²) < 4.78 is 14.8. The molecule has 17 heavy (non-hydrogen) atoms. The molecule has 0 amide bonds. The number of imidazole rings is 1. The Morgan fingerprint density at radius 1 is 1.41 bits per heavy atom. The Hall–Kier alpha value is -0.160. The van der Waals surface area contributed by atoms with Crippen molar-refractivity contribution in [2.75, 3.05) is 0 Å². The van der Waals surface area contributed by atoms with Crippen molar-refractivity contribution >= 4 is 7.60 Å². The molecular formula is C10H20BrN2O3P. The lowest BCUT2D eigenvalue weighted by Crippen LogP contribution is -3.00. The first kappa shape index (κ1) is 16.8. The van der Waals surface area contributed by atoms with Crippen LogP contribution in [-0.2, 0) is 11.6 Å². The van der Waals surface area contributed by atoms with Gasteiger partial charge in [0.15, 0.2) is 0 Å². The normalized spacial score (nSPS) is 13.2. The van der Waals surface area contributed by atoms with Gasteiger partial charge in [-0.1, -0.05) is 19.8 Å². The second kappa shape index (κ2) is 7.31. The molecule has 0 fully saturated rings. The summed E-state index contributed by atoms with van der Waals surface area (Å²) in [5.74, 6) is -0.722. The smallest absolute Gasteiger partial charge is 0.369 e. The van der Waals surface area contributed by atoms with Crippen LogP contribution >= 0.6 is 7.60 Å². The standard InChI is InChI=1S/C10H19N2O3P.BrH/c1-3-4-5-6-10(16(13,14)15)12-8-7-11(2)9-12;/h7-10H,3-6H2,1-2H3,(H-,13,14,15);1H. The summed E-state index contributed by atoms with van der Waals surface area (Å²) >= 11 is 0. The summed E-state index contributed by atoms with van der Waals surface area (Å²) in [6.07, 6.45) is 8.60.